The third-order valence-corrected chi connectivity index (χ3v) is 3.94. The predicted octanol–water partition coefficient (Wildman–Crippen LogP) is 5.21. The maximum atomic E-state index is 12.2. The molecule has 0 spiro atoms. The second-order valence-corrected chi connectivity index (χ2v) is 6.01. The maximum Gasteiger partial charge on any atom is 0.255 e. The van der Waals surface area contributed by atoms with Gasteiger partial charge in [0, 0.05) is 22.7 Å². The molecule has 0 bridgehead atoms. The quantitative estimate of drug-likeness (QED) is 0.661. The van der Waals surface area contributed by atoms with Gasteiger partial charge in [-0.25, -0.2) is 0 Å². The molecule has 3 aromatic carbocycles. The Morgan fingerprint density at radius 2 is 1.68 bits per heavy atom. The summed E-state index contributed by atoms with van der Waals surface area (Å²) in [5.74, 6) is 0.580. The van der Waals surface area contributed by atoms with Crippen molar-refractivity contribution >= 4 is 23.2 Å². The summed E-state index contributed by atoms with van der Waals surface area (Å²) in [4.78, 5) is 12.2. The number of hydrogen-bond donors (Lipinski definition) is 1. The van der Waals surface area contributed by atoms with Crippen LogP contribution in [0.25, 0.3) is 0 Å². The van der Waals surface area contributed by atoms with Gasteiger partial charge in [-0.3, -0.25) is 4.79 Å². The fourth-order valence-electron chi connectivity index (χ4n) is 2.40. The molecular formula is C21H18ClNO2. The molecule has 3 aromatic rings. The largest absolute Gasteiger partial charge is 0.493 e. The highest BCUT2D eigenvalue weighted by Crippen LogP contribution is 2.18. The first-order valence-corrected chi connectivity index (χ1v) is 8.42. The molecule has 1 amide bonds. The smallest absolute Gasteiger partial charge is 0.255 e. The number of hydrogen-bond acceptors (Lipinski definition) is 2. The van der Waals surface area contributed by atoms with Gasteiger partial charge in [0.25, 0.3) is 5.91 Å². The van der Waals surface area contributed by atoms with Gasteiger partial charge in [-0.1, -0.05) is 48.0 Å². The third-order valence-electron chi connectivity index (χ3n) is 3.70. The second-order valence-electron chi connectivity index (χ2n) is 5.57. The normalized spacial score (nSPS) is 10.3. The predicted molar refractivity (Wildman–Crippen MR) is 101 cm³/mol. The summed E-state index contributed by atoms with van der Waals surface area (Å²) in [6, 6.07) is 24.4. The zero-order valence-electron chi connectivity index (χ0n) is 13.6. The average Bonchev–Trinajstić information content (AvgIpc) is 2.64. The Balaban J connectivity index is 1.52. The van der Waals surface area contributed by atoms with Crippen molar-refractivity contribution in [2.75, 3.05) is 11.9 Å². The Bertz CT molecular complexity index is 832. The van der Waals surface area contributed by atoms with Crippen LogP contribution in [0.4, 0.5) is 5.69 Å². The molecule has 0 saturated carbocycles. The Morgan fingerprint density at radius 1 is 0.920 bits per heavy atom. The lowest BCUT2D eigenvalue weighted by atomic mass is 10.2. The molecule has 4 heteroatoms. The van der Waals surface area contributed by atoms with Crippen molar-refractivity contribution in [2.24, 2.45) is 0 Å². The highest BCUT2D eigenvalue weighted by atomic mass is 35.5. The summed E-state index contributed by atoms with van der Waals surface area (Å²) < 4.78 is 5.74. The number of nitrogens with one attached hydrogen (secondary N) is 1. The van der Waals surface area contributed by atoms with Crippen molar-refractivity contribution in [1.82, 2.24) is 0 Å². The number of amides is 1. The first-order valence-electron chi connectivity index (χ1n) is 8.04. The SMILES string of the molecule is O=C(Nc1ccc(OCCc2ccccc2)cc1)c1cccc(Cl)c1. The van der Waals surface area contributed by atoms with Gasteiger partial charge >= 0.3 is 0 Å². The summed E-state index contributed by atoms with van der Waals surface area (Å²) in [5, 5.41) is 3.38. The minimum absolute atomic E-state index is 0.194. The number of carbonyl (C=O) groups is 1. The van der Waals surface area contributed by atoms with E-state index in [2.05, 4.69) is 17.4 Å². The number of carbonyl (C=O) groups excluding carboxylic acids is 1. The van der Waals surface area contributed by atoms with Gasteiger partial charge in [-0.15, -0.1) is 0 Å². The second kappa shape index (κ2) is 8.36. The summed E-state index contributed by atoms with van der Waals surface area (Å²) in [5.41, 5.74) is 2.48. The molecule has 0 atom stereocenters. The Kier molecular flexibility index (Phi) is 5.70. The van der Waals surface area contributed by atoms with Crippen LogP contribution in [0, 0.1) is 0 Å². The van der Waals surface area contributed by atoms with Crippen molar-refractivity contribution in [3.8, 4) is 5.75 Å². The Morgan fingerprint density at radius 3 is 2.40 bits per heavy atom. The van der Waals surface area contributed by atoms with E-state index < -0.39 is 0 Å². The van der Waals surface area contributed by atoms with Gasteiger partial charge in [0.1, 0.15) is 5.75 Å². The summed E-state index contributed by atoms with van der Waals surface area (Å²) in [6.45, 7) is 0.609. The fourth-order valence-corrected chi connectivity index (χ4v) is 2.59. The number of benzene rings is 3. The molecular weight excluding hydrogens is 334 g/mol. The molecule has 1 N–H and O–H groups in total. The number of halogens is 1. The molecule has 0 aliphatic rings. The first-order chi connectivity index (χ1) is 12.2. The van der Waals surface area contributed by atoms with E-state index in [0.717, 1.165) is 12.2 Å². The molecule has 25 heavy (non-hydrogen) atoms. The molecule has 0 heterocycles. The standard InChI is InChI=1S/C21H18ClNO2/c22-18-8-4-7-17(15-18)21(24)23-19-9-11-20(12-10-19)25-14-13-16-5-2-1-3-6-16/h1-12,15H,13-14H2,(H,23,24). The number of anilines is 1. The minimum Gasteiger partial charge on any atom is -0.493 e. The minimum atomic E-state index is -0.194. The van der Waals surface area contributed by atoms with Gasteiger partial charge in [-0.2, -0.15) is 0 Å². The molecule has 0 aliphatic carbocycles. The summed E-state index contributed by atoms with van der Waals surface area (Å²) in [7, 11) is 0. The van der Waals surface area contributed by atoms with Gasteiger partial charge in [0.05, 0.1) is 6.61 Å². The average molecular weight is 352 g/mol. The lowest BCUT2D eigenvalue weighted by Gasteiger charge is -2.09. The molecule has 126 valence electrons. The highest BCUT2D eigenvalue weighted by Gasteiger charge is 2.06. The van der Waals surface area contributed by atoms with Crippen molar-refractivity contribution in [1.29, 1.82) is 0 Å². The van der Waals surface area contributed by atoms with Crippen LogP contribution in [0.2, 0.25) is 5.02 Å². The third kappa shape index (κ3) is 5.10. The van der Waals surface area contributed by atoms with Crippen molar-refractivity contribution in [3.05, 3.63) is 95.0 Å². The highest BCUT2D eigenvalue weighted by molar-refractivity contribution is 6.31. The van der Waals surface area contributed by atoms with Crippen molar-refractivity contribution in [3.63, 3.8) is 0 Å². The summed E-state index contributed by atoms with van der Waals surface area (Å²) in [6.07, 6.45) is 0.855. The van der Waals surface area contributed by atoms with Gasteiger partial charge in [-0.05, 0) is 48.0 Å². The van der Waals surface area contributed by atoms with Crippen LogP contribution >= 0.6 is 11.6 Å². The van der Waals surface area contributed by atoms with E-state index in [1.54, 1.807) is 24.3 Å². The monoisotopic (exact) mass is 351 g/mol. The molecule has 3 nitrogen and oxygen atoms in total. The van der Waals surface area contributed by atoms with Crippen LogP contribution in [0.1, 0.15) is 15.9 Å². The van der Waals surface area contributed by atoms with E-state index >= 15 is 0 Å². The van der Waals surface area contributed by atoms with E-state index in [0.29, 0.717) is 22.9 Å². The maximum absolute atomic E-state index is 12.2. The van der Waals surface area contributed by atoms with Gasteiger partial charge in [0.2, 0.25) is 0 Å². The van der Waals surface area contributed by atoms with E-state index in [1.165, 1.54) is 5.56 Å². The van der Waals surface area contributed by atoms with Crippen molar-refractivity contribution in [2.45, 2.75) is 6.42 Å². The van der Waals surface area contributed by atoms with Gasteiger partial charge < -0.3 is 10.1 Å². The lowest BCUT2D eigenvalue weighted by Crippen LogP contribution is -2.11. The van der Waals surface area contributed by atoms with Crippen molar-refractivity contribution < 1.29 is 9.53 Å². The van der Waals surface area contributed by atoms with Crippen LogP contribution < -0.4 is 10.1 Å². The summed E-state index contributed by atoms with van der Waals surface area (Å²) >= 11 is 5.91. The molecule has 0 fully saturated rings. The van der Waals surface area contributed by atoms with Gasteiger partial charge in [0.15, 0.2) is 0 Å². The van der Waals surface area contributed by atoms with Crippen LogP contribution in [-0.4, -0.2) is 12.5 Å². The molecule has 0 aromatic heterocycles. The van der Waals surface area contributed by atoms with Crippen LogP contribution in [0.15, 0.2) is 78.9 Å². The molecule has 3 rings (SSSR count). The van der Waals surface area contributed by atoms with Crippen LogP contribution in [-0.2, 0) is 6.42 Å². The first kappa shape index (κ1) is 17.1. The zero-order valence-corrected chi connectivity index (χ0v) is 14.4. The van der Waals surface area contributed by atoms with E-state index in [4.69, 9.17) is 16.3 Å². The molecule has 0 radical (unpaired) electrons. The van der Waals surface area contributed by atoms with E-state index in [9.17, 15) is 4.79 Å². The fraction of sp³-hybridized carbons (Fsp3) is 0.0952. The number of ether oxygens (including phenoxy) is 1. The lowest BCUT2D eigenvalue weighted by molar-refractivity contribution is 0.102. The molecule has 0 aliphatic heterocycles. The topological polar surface area (TPSA) is 38.3 Å². The zero-order chi connectivity index (χ0) is 17.5. The van der Waals surface area contributed by atoms with Crippen LogP contribution in [0.5, 0.6) is 5.75 Å². The van der Waals surface area contributed by atoms with Crippen LogP contribution in [0.3, 0.4) is 0 Å². The Labute approximate surface area is 152 Å². The Hall–Kier alpha value is -2.78. The molecule has 0 saturated heterocycles. The van der Waals surface area contributed by atoms with E-state index in [-0.39, 0.29) is 5.91 Å². The molecule has 0 unspecified atom stereocenters. The number of rotatable bonds is 6. The van der Waals surface area contributed by atoms with E-state index in [1.807, 2.05) is 42.5 Å².